The molecule has 1 heterocycles. The van der Waals surface area contributed by atoms with Gasteiger partial charge in [0.15, 0.2) is 11.5 Å². The average molecular weight is 438 g/mol. The SMILES string of the molecule is COc1ccc(N2C(=O)NCC(C(=O)Nc3ccc(Cl)c(Cl)c3)C2=O)cc1OC. The van der Waals surface area contributed by atoms with Crippen LogP contribution in [0.15, 0.2) is 36.4 Å². The molecule has 1 atom stereocenters. The van der Waals surface area contributed by atoms with Crippen molar-refractivity contribution in [2.75, 3.05) is 31.0 Å². The number of carbonyl (C=O) groups is 3. The number of nitrogens with one attached hydrogen (secondary N) is 2. The molecule has 152 valence electrons. The summed E-state index contributed by atoms with van der Waals surface area (Å²) in [7, 11) is 2.91. The smallest absolute Gasteiger partial charge is 0.328 e. The van der Waals surface area contributed by atoms with Crippen LogP contribution in [-0.4, -0.2) is 38.6 Å². The molecule has 2 N–H and O–H groups in total. The number of benzene rings is 2. The van der Waals surface area contributed by atoms with Crippen molar-refractivity contribution in [2.45, 2.75) is 0 Å². The van der Waals surface area contributed by atoms with Gasteiger partial charge in [-0.05, 0) is 30.3 Å². The number of methoxy groups -OCH3 is 2. The predicted octanol–water partition coefficient (Wildman–Crippen LogP) is 3.32. The van der Waals surface area contributed by atoms with Crippen molar-refractivity contribution in [3.05, 3.63) is 46.4 Å². The number of urea groups is 1. The van der Waals surface area contributed by atoms with E-state index in [2.05, 4.69) is 10.6 Å². The summed E-state index contributed by atoms with van der Waals surface area (Å²) in [6.45, 7) is -0.130. The summed E-state index contributed by atoms with van der Waals surface area (Å²) in [4.78, 5) is 38.8. The average Bonchev–Trinajstić information content (AvgIpc) is 2.70. The molecule has 0 radical (unpaired) electrons. The van der Waals surface area contributed by atoms with Crippen molar-refractivity contribution in [1.29, 1.82) is 0 Å². The summed E-state index contributed by atoms with van der Waals surface area (Å²) in [6, 6.07) is 8.49. The molecule has 2 aromatic rings. The first-order valence-corrected chi connectivity index (χ1v) is 9.21. The zero-order valence-electron chi connectivity index (χ0n) is 15.5. The van der Waals surface area contributed by atoms with E-state index in [0.29, 0.717) is 22.2 Å². The molecule has 3 rings (SSSR count). The van der Waals surface area contributed by atoms with Crippen LogP contribution < -0.4 is 25.0 Å². The number of rotatable bonds is 5. The van der Waals surface area contributed by atoms with Gasteiger partial charge in [0.2, 0.25) is 11.8 Å². The van der Waals surface area contributed by atoms with Gasteiger partial charge in [-0.15, -0.1) is 0 Å². The summed E-state index contributed by atoms with van der Waals surface area (Å²) in [5.74, 6) is -1.60. The highest BCUT2D eigenvalue weighted by atomic mass is 35.5. The van der Waals surface area contributed by atoms with Crippen LogP contribution in [0.5, 0.6) is 11.5 Å². The van der Waals surface area contributed by atoms with Gasteiger partial charge in [-0.3, -0.25) is 9.59 Å². The van der Waals surface area contributed by atoms with Crippen molar-refractivity contribution < 1.29 is 23.9 Å². The van der Waals surface area contributed by atoms with Gasteiger partial charge in [0.05, 0.1) is 30.0 Å². The van der Waals surface area contributed by atoms with Crippen LogP contribution in [0.2, 0.25) is 10.0 Å². The minimum Gasteiger partial charge on any atom is -0.493 e. The minimum atomic E-state index is -1.13. The Balaban J connectivity index is 1.84. The van der Waals surface area contributed by atoms with E-state index in [4.69, 9.17) is 32.7 Å². The van der Waals surface area contributed by atoms with E-state index in [9.17, 15) is 14.4 Å². The van der Waals surface area contributed by atoms with E-state index in [0.717, 1.165) is 4.90 Å². The molecule has 0 aromatic heterocycles. The monoisotopic (exact) mass is 437 g/mol. The van der Waals surface area contributed by atoms with Crippen LogP contribution in [-0.2, 0) is 9.59 Å². The van der Waals surface area contributed by atoms with Gasteiger partial charge in [0, 0.05) is 18.3 Å². The van der Waals surface area contributed by atoms with E-state index >= 15 is 0 Å². The molecule has 1 aliphatic heterocycles. The Morgan fingerprint density at radius 1 is 1.07 bits per heavy atom. The van der Waals surface area contributed by atoms with Crippen LogP contribution in [0.25, 0.3) is 0 Å². The molecule has 4 amide bonds. The lowest BCUT2D eigenvalue weighted by atomic mass is 10.0. The van der Waals surface area contributed by atoms with Crippen LogP contribution >= 0.6 is 23.2 Å². The van der Waals surface area contributed by atoms with Crippen molar-refractivity contribution in [2.24, 2.45) is 5.92 Å². The highest BCUT2D eigenvalue weighted by Crippen LogP contribution is 2.33. The molecule has 0 aliphatic carbocycles. The number of amides is 4. The van der Waals surface area contributed by atoms with E-state index in [1.54, 1.807) is 12.1 Å². The first kappa shape index (κ1) is 20.8. The molecule has 0 bridgehead atoms. The molecule has 2 aromatic carbocycles. The summed E-state index contributed by atoms with van der Waals surface area (Å²) in [5, 5.41) is 5.76. The van der Waals surface area contributed by atoms with Gasteiger partial charge in [-0.2, -0.15) is 0 Å². The first-order valence-electron chi connectivity index (χ1n) is 8.45. The molecule has 29 heavy (non-hydrogen) atoms. The molecule has 0 spiro atoms. The van der Waals surface area contributed by atoms with Gasteiger partial charge in [-0.25, -0.2) is 9.69 Å². The molecule has 1 fully saturated rings. The summed E-state index contributed by atoms with van der Waals surface area (Å²) in [6.07, 6.45) is 0. The number of imide groups is 1. The Bertz CT molecular complexity index is 982. The fourth-order valence-corrected chi connectivity index (χ4v) is 3.13. The van der Waals surface area contributed by atoms with Crippen molar-refractivity contribution in [1.82, 2.24) is 5.32 Å². The maximum atomic E-state index is 12.9. The Morgan fingerprint density at radius 3 is 2.45 bits per heavy atom. The normalized spacial score (nSPS) is 16.3. The Hall–Kier alpha value is -2.97. The van der Waals surface area contributed by atoms with Crippen molar-refractivity contribution >= 4 is 52.4 Å². The van der Waals surface area contributed by atoms with Gasteiger partial charge < -0.3 is 20.1 Å². The van der Waals surface area contributed by atoms with E-state index in [-0.39, 0.29) is 17.3 Å². The molecule has 1 unspecified atom stereocenters. The fourth-order valence-electron chi connectivity index (χ4n) is 2.83. The summed E-state index contributed by atoms with van der Waals surface area (Å²) in [5.41, 5.74) is 0.629. The number of nitrogens with zero attached hydrogens (tertiary/aromatic N) is 1. The first-order chi connectivity index (χ1) is 13.8. The third kappa shape index (κ3) is 4.23. The number of ether oxygens (including phenoxy) is 2. The molecule has 10 heteroatoms. The highest BCUT2D eigenvalue weighted by Gasteiger charge is 2.39. The quantitative estimate of drug-likeness (QED) is 0.699. The van der Waals surface area contributed by atoms with Gasteiger partial charge in [0.25, 0.3) is 0 Å². The molecule has 0 saturated carbocycles. The van der Waals surface area contributed by atoms with Gasteiger partial charge in [-0.1, -0.05) is 23.2 Å². The number of anilines is 2. The topological polar surface area (TPSA) is 97.0 Å². The lowest BCUT2D eigenvalue weighted by Crippen LogP contribution is -2.58. The van der Waals surface area contributed by atoms with Crippen LogP contribution in [0.3, 0.4) is 0 Å². The Kier molecular flexibility index (Phi) is 6.14. The molecular weight excluding hydrogens is 421 g/mol. The number of hydrogen-bond acceptors (Lipinski definition) is 5. The third-order valence-electron chi connectivity index (χ3n) is 4.31. The zero-order valence-corrected chi connectivity index (χ0v) is 17.0. The van der Waals surface area contributed by atoms with E-state index < -0.39 is 23.8 Å². The number of carbonyl (C=O) groups excluding carboxylic acids is 3. The maximum absolute atomic E-state index is 12.9. The second-order valence-corrected chi connectivity index (χ2v) is 6.88. The van der Waals surface area contributed by atoms with Crippen LogP contribution in [0, 0.1) is 5.92 Å². The molecule has 8 nitrogen and oxygen atoms in total. The highest BCUT2D eigenvalue weighted by molar-refractivity contribution is 6.42. The number of halogens is 2. The summed E-state index contributed by atoms with van der Waals surface area (Å²) < 4.78 is 10.4. The minimum absolute atomic E-state index is 0.130. The van der Waals surface area contributed by atoms with Crippen LogP contribution in [0.1, 0.15) is 0 Å². The Labute approximate surface area is 176 Å². The van der Waals surface area contributed by atoms with Gasteiger partial charge in [0.1, 0.15) is 5.92 Å². The molecular formula is C19H17Cl2N3O5. The second-order valence-electron chi connectivity index (χ2n) is 6.07. The van der Waals surface area contributed by atoms with Crippen LogP contribution in [0.4, 0.5) is 16.2 Å². The lowest BCUT2D eigenvalue weighted by molar-refractivity contribution is -0.130. The van der Waals surface area contributed by atoms with Crippen molar-refractivity contribution in [3.8, 4) is 11.5 Å². The standard InChI is InChI=1S/C19H17Cl2N3O5/c1-28-15-6-4-11(8-16(15)29-2)24-18(26)12(9-22-19(24)27)17(25)23-10-3-5-13(20)14(21)7-10/h3-8,12H,9H2,1-2H3,(H,22,27)(H,23,25). The van der Waals surface area contributed by atoms with E-state index in [1.165, 1.54) is 38.5 Å². The molecule has 1 saturated heterocycles. The fraction of sp³-hybridized carbons (Fsp3) is 0.211. The third-order valence-corrected chi connectivity index (χ3v) is 5.05. The zero-order chi connectivity index (χ0) is 21.1. The van der Waals surface area contributed by atoms with Crippen molar-refractivity contribution in [3.63, 3.8) is 0 Å². The Morgan fingerprint density at radius 2 is 1.79 bits per heavy atom. The largest absolute Gasteiger partial charge is 0.493 e. The second kappa shape index (κ2) is 8.59. The molecule has 1 aliphatic rings. The van der Waals surface area contributed by atoms with E-state index in [1.807, 2.05) is 0 Å². The summed E-state index contributed by atoms with van der Waals surface area (Å²) >= 11 is 11.8. The maximum Gasteiger partial charge on any atom is 0.328 e. The van der Waals surface area contributed by atoms with Gasteiger partial charge >= 0.3 is 6.03 Å². The number of hydrogen-bond donors (Lipinski definition) is 2. The predicted molar refractivity (Wildman–Crippen MR) is 109 cm³/mol. The lowest BCUT2D eigenvalue weighted by Gasteiger charge is -2.31.